The van der Waals surface area contributed by atoms with Crippen LogP contribution in [0.1, 0.15) is 4.88 Å². The maximum absolute atomic E-state index is 11.8. The van der Waals surface area contributed by atoms with Crippen molar-refractivity contribution < 1.29 is 19.4 Å². The summed E-state index contributed by atoms with van der Waals surface area (Å²) in [4.78, 5) is 24.6. The third kappa shape index (κ3) is 5.11. The molecular weight excluding hydrogens is 254 g/mol. The number of amides is 1. The van der Waals surface area contributed by atoms with Gasteiger partial charge in [0.2, 0.25) is 5.91 Å². The number of thiophene rings is 1. The Labute approximate surface area is 109 Å². The molecule has 0 fully saturated rings. The lowest BCUT2D eigenvalue weighted by Gasteiger charge is -2.18. The first-order chi connectivity index (χ1) is 8.63. The molecule has 6 heteroatoms. The molecule has 0 bridgehead atoms. The van der Waals surface area contributed by atoms with Crippen LogP contribution in [0.25, 0.3) is 6.08 Å². The van der Waals surface area contributed by atoms with Gasteiger partial charge in [-0.1, -0.05) is 6.07 Å². The summed E-state index contributed by atoms with van der Waals surface area (Å²) in [6.45, 7) is 0.249. The molecule has 1 N–H and O–H groups in total. The van der Waals surface area contributed by atoms with Crippen LogP contribution in [0.15, 0.2) is 23.6 Å². The molecule has 0 unspecified atom stereocenters. The highest BCUT2D eigenvalue weighted by Gasteiger charge is 2.13. The van der Waals surface area contributed by atoms with Gasteiger partial charge in [-0.25, -0.2) is 0 Å². The molecule has 98 valence electrons. The van der Waals surface area contributed by atoms with Crippen LogP contribution in [0.4, 0.5) is 0 Å². The molecule has 1 aromatic heterocycles. The van der Waals surface area contributed by atoms with Crippen molar-refractivity contribution in [1.29, 1.82) is 0 Å². The van der Waals surface area contributed by atoms with Crippen LogP contribution < -0.4 is 0 Å². The van der Waals surface area contributed by atoms with Gasteiger partial charge in [-0.3, -0.25) is 9.59 Å². The molecule has 0 spiro atoms. The molecule has 0 aliphatic rings. The molecule has 1 rings (SSSR count). The van der Waals surface area contributed by atoms with Crippen LogP contribution in [0.5, 0.6) is 0 Å². The summed E-state index contributed by atoms with van der Waals surface area (Å²) >= 11 is 1.51. The number of carboxylic acid groups (broad SMARTS) is 1. The number of nitrogens with zero attached hydrogens (tertiary/aromatic N) is 1. The van der Waals surface area contributed by atoms with Crippen molar-refractivity contribution in [3.63, 3.8) is 0 Å². The van der Waals surface area contributed by atoms with E-state index in [9.17, 15) is 9.59 Å². The van der Waals surface area contributed by atoms with Crippen LogP contribution in [-0.4, -0.2) is 48.7 Å². The number of methoxy groups -OCH3 is 1. The van der Waals surface area contributed by atoms with E-state index in [0.29, 0.717) is 6.61 Å². The maximum atomic E-state index is 11.8. The Balaban J connectivity index is 2.60. The minimum atomic E-state index is -1.04. The Hall–Kier alpha value is -1.66. The predicted molar refractivity (Wildman–Crippen MR) is 69.4 cm³/mol. The predicted octanol–water partition coefficient (Wildman–Crippen LogP) is 1.32. The van der Waals surface area contributed by atoms with E-state index in [-0.39, 0.29) is 19.0 Å². The van der Waals surface area contributed by atoms with Gasteiger partial charge in [0, 0.05) is 24.6 Å². The summed E-state index contributed by atoms with van der Waals surface area (Å²) in [6, 6.07) is 3.76. The second-order valence-corrected chi connectivity index (χ2v) is 4.47. The first-order valence-corrected chi connectivity index (χ1v) is 6.22. The van der Waals surface area contributed by atoms with Crippen LogP contribution in [0.2, 0.25) is 0 Å². The molecule has 0 aliphatic heterocycles. The molecule has 1 amide bonds. The first-order valence-electron chi connectivity index (χ1n) is 5.34. The van der Waals surface area contributed by atoms with Gasteiger partial charge in [0.05, 0.1) is 6.61 Å². The van der Waals surface area contributed by atoms with Crippen molar-refractivity contribution in [2.45, 2.75) is 0 Å². The van der Waals surface area contributed by atoms with Crippen LogP contribution in [0.3, 0.4) is 0 Å². The minimum Gasteiger partial charge on any atom is -0.480 e. The van der Waals surface area contributed by atoms with Crippen molar-refractivity contribution in [1.82, 2.24) is 4.90 Å². The van der Waals surface area contributed by atoms with E-state index in [1.165, 1.54) is 29.4 Å². The fourth-order valence-corrected chi connectivity index (χ4v) is 1.89. The lowest BCUT2D eigenvalue weighted by Crippen LogP contribution is -2.36. The lowest BCUT2D eigenvalue weighted by molar-refractivity contribution is -0.143. The normalized spacial score (nSPS) is 10.7. The third-order valence-electron chi connectivity index (χ3n) is 2.14. The largest absolute Gasteiger partial charge is 0.480 e. The lowest BCUT2D eigenvalue weighted by atomic mass is 10.3. The Bertz CT molecular complexity index is 414. The number of hydrogen-bond acceptors (Lipinski definition) is 4. The zero-order valence-corrected chi connectivity index (χ0v) is 10.9. The van der Waals surface area contributed by atoms with E-state index in [0.717, 1.165) is 4.88 Å². The fraction of sp³-hybridized carbons (Fsp3) is 0.333. The van der Waals surface area contributed by atoms with Gasteiger partial charge in [0.1, 0.15) is 6.54 Å². The second-order valence-electron chi connectivity index (χ2n) is 3.50. The number of ether oxygens (including phenoxy) is 1. The monoisotopic (exact) mass is 269 g/mol. The minimum absolute atomic E-state index is 0.260. The number of carbonyl (C=O) groups excluding carboxylic acids is 1. The standard InChI is InChI=1S/C12H15NO4S/c1-17-7-6-13(9-12(15)16)11(14)5-4-10-3-2-8-18-10/h2-5,8H,6-7,9H2,1H3,(H,15,16)/b5-4+. The summed E-state index contributed by atoms with van der Waals surface area (Å²) in [5.74, 6) is -1.37. The van der Waals surface area contributed by atoms with E-state index in [1.807, 2.05) is 17.5 Å². The molecule has 1 heterocycles. The highest BCUT2D eigenvalue weighted by Crippen LogP contribution is 2.10. The zero-order valence-electron chi connectivity index (χ0n) is 10.0. The average Bonchev–Trinajstić information content (AvgIpc) is 2.84. The van der Waals surface area contributed by atoms with Gasteiger partial charge in [0.25, 0.3) is 0 Å². The highest BCUT2D eigenvalue weighted by molar-refractivity contribution is 7.10. The van der Waals surface area contributed by atoms with E-state index in [1.54, 1.807) is 6.08 Å². The molecule has 0 radical (unpaired) electrons. The van der Waals surface area contributed by atoms with E-state index >= 15 is 0 Å². The number of hydrogen-bond donors (Lipinski definition) is 1. The summed E-state index contributed by atoms with van der Waals surface area (Å²) in [5.41, 5.74) is 0. The summed E-state index contributed by atoms with van der Waals surface area (Å²) in [7, 11) is 1.50. The summed E-state index contributed by atoms with van der Waals surface area (Å²) < 4.78 is 4.85. The average molecular weight is 269 g/mol. The number of aliphatic carboxylic acids is 1. The van der Waals surface area contributed by atoms with Gasteiger partial charge in [-0.05, 0) is 17.5 Å². The number of rotatable bonds is 7. The van der Waals surface area contributed by atoms with Crippen molar-refractivity contribution in [3.8, 4) is 0 Å². The van der Waals surface area contributed by atoms with Gasteiger partial charge < -0.3 is 14.7 Å². The second kappa shape index (κ2) is 7.62. The van der Waals surface area contributed by atoms with Crippen LogP contribution >= 0.6 is 11.3 Å². The number of carbonyl (C=O) groups is 2. The first kappa shape index (κ1) is 14.4. The van der Waals surface area contributed by atoms with Gasteiger partial charge in [0.15, 0.2) is 0 Å². The summed E-state index contributed by atoms with van der Waals surface area (Å²) in [5, 5.41) is 10.6. The fourth-order valence-electron chi connectivity index (χ4n) is 1.28. The molecule has 0 saturated carbocycles. The van der Waals surface area contributed by atoms with E-state index in [4.69, 9.17) is 9.84 Å². The maximum Gasteiger partial charge on any atom is 0.323 e. The van der Waals surface area contributed by atoms with Crippen molar-refractivity contribution in [3.05, 3.63) is 28.5 Å². The molecular formula is C12H15NO4S. The Kier molecular flexibility index (Phi) is 6.10. The Morgan fingerprint density at radius 3 is 2.89 bits per heavy atom. The third-order valence-corrected chi connectivity index (χ3v) is 2.97. The van der Waals surface area contributed by atoms with E-state index in [2.05, 4.69) is 0 Å². The number of carboxylic acids is 1. The van der Waals surface area contributed by atoms with Gasteiger partial charge in [-0.15, -0.1) is 11.3 Å². The Morgan fingerprint density at radius 2 is 2.33 bits per heavy atom. The zero-order chi connectivity index (χ0) is 13.4. The highest BCUT2D eigenvalue weighted by atomic mass is 32.1. The van der Waals surface area contributed by atoms with Crippen LogP contribution in [0, 0.1) is 0 Å². The topological polar surface area (TPSA) is 66.8 Å². The van der Waals surface area contributed by atoms with Crippen LogP contribution in [-0.2, 0) is 14.3 Å². The molecule has 0 saturated heterocycles. The summed E-state index contributed by atoms with van der Waals surface area (Å²) in [6.07, 6.45) is 3.05. The molecule has 1 aromatic rings. The van der Waals surface area contributed by atoms with Gasteiger partial charge in [-0.2, -0.15) is 0 Å². The SMILES string of the molecule is COCCN(CC(=O)O)C(=O)/C=C/c1cccs1. The quantitative estimate of drug-likeness (QED) is 0.758. The van der Waals surface area contributed by atoms with Crippen molar-refractivity contribution in [2.24, 2.45) is 0 Å². The smallest absolute Gasteiger partial charge is 0.323 e. The molecule has 0 aromatic carbocycles. The van der Waals surface area contributed by atoms with E-state index < -0.39 is 5.97 Å². The molecule has 5 nitrogen and oxygen atoms in total. The molecule has 18 heavy (non-hydrogen) atoms. The van der Waals surface area contributed by atoms with Crippen molar-refractivity contribution >= 4 is 29.3 Å². The molecule has 0 aliphatic carbocycles. The van der Waals surface area contributed by atoms with Crippen molar-refractivity contribution in [2.75, 3.05) is 26.8 Å². The Morgan fingerprint density at radius 1 is 1.56 bits per heavy atom. The molecule has 0 atom stereocenters. The van der Waals surface area contributed by atoms with Gasteiger partial charge >= 0.3 is 5.97 Å².